The van der Waals surface area contributed by atoms with Crippen LogP contribution < -0.4 is 5.73 Å². The van der Waals surface area contributed by atoms with Gasteiger partial charge in [-0.3, -0.25) is 0 Å². The van der Waals surface area contributed by atoms with Crippen molar-refractivity contribution in [1.82, 2.24) is 4.57 Å². The number of hydrogen-bond donors (Lipinski definition) is 1. The molecular formula is C18H17F3N2. The van der Waals surface area contributed by atoms with E-state index in [4.69, 9.17) is 5.73 Å². The van der Waals surface area contributed by atoms with Crippen LogP contribution in [0.25, 0.3) is 10.9 Å². The normalized spacial score (nSPS) is 13.4. The summed E-state index contributed by atoms with van der Waals surface area (Å²) in [7, 11) is 0. The molecule has 0 aliphatic carbocycles. The summed E-state index contributed by atoms with van der Waals surface area (Å²) in [4.78, 5) is 0. The Kier molecular flexibility index (Phi) is 3.90. The van der Waals surface area contributed by atoms with Crippen molar-refractivity contribution in [2.45, 2.75) is 25.7 Å². The first-order valence-electron chi connectivity index (χ1n) is 7.36. The fourth-order valence-electron chi connectivity index (χ4n) is 2.74. The first-order chi connectivity index (χ1) is 10.9. The zero-order chi connectivity index (χ0) is 16.6. The van der Waals surface area contributed by atoms with Crippen LogP contribution in [0, 0.1) is 0 Å². The molecule has 3 rings (SSSR count). The van der Waals surface area contributed by atoms with E-state index in [2.05, 4.69) is 0 Å². The van der Waals surface area contributed by atoms with E-state index in [9.17, 15) is 13.2 Å². The van der Waals surface area contributed by atoms with Crippen LogP contribution in [0.15, 0.2) is 54.6 Å². The second kappa shape index (κ2) is 5.74. The Balaban J connectivity index is 2.16. The van der Waals surface area contributed by atoms with Gasteiger partial charge in [0.15, 0.2) is 0 Å². The van der Waals surface area contributed by atoms with Gasteiger partial charge in [0.25, 0.3) is 0 Å². The molecule has 2 aromatic carbocycles. The topological polar surface area (TPSA) is 30.9 Å². The molecular weight excluding hydrogens is 301 g/mol. The lowest BCUT2D eigenvalue weighted by Gasteiger charge is -2.13. The first kappa shape index (κ1) is 15.6. The zero-order valence-corrected chi connectivity index (χ0v) is 12.6. The molecule has 0 amide bonds. The second-order valence-electron chi connectivity index (χ2n) is 5.71. The quantitative estimate of drug-likeness (QED) is 0.744. The lowest BCUT2D eigenvalue weighted by Crippen LogP contribution is -2.14. The molecule has 0 bridgehead atoms. The molecule has 5 heteroatoms. The lowest BCUT2D eigenvalue weighted by molar-refractivity contribution is -0.143. The van der Waals surface area contributed by atoms with E-state index in [1.807, 2.05) is 37.3 Å². The van der Waals surface area contributed by atoms with Gasteiger partial charge in [-0.1, -0.05) is 36.4 Å². The number of nitrogens with zero attached hydrogens (tertiary/aromatic N) is 1. The van der Waals surface area contributed by atoms with E-state index in [0.717, 1.165) is 11.1 Å². The fourth-order valence-corrected chi connectivity index (χ4v) is 2.74. The SMILES string of the molecule is CC(N)c1ccc2c(c1)cc(C(F)(F)F)n2Cc1ccccc1. The summed E-state index contributed by atoms with van der Waals surface area (Å²) in [5.74, 6) is 0. The summed E-state index contributed by atoms with van der Waals surface area (Å²) in [5.41, 5.74) is 7.40. The third-order valence-electron chi connectivity index (χ3n) is 3.93. The fraction of sp³-hybridized carbons (Fsp3) is 0.222. The van der Waals surface area contributed by atoms with Crippen molar-refractivity contribution in [2.24, 2.45) is 5.73 Å². The minimum atomic E-state index is -4.40. The van der Waals surface area contributed by atoms with Crippen LogP contribution in [0.1, 0.15) is 29.8 Å². The molecule has 1 atom stereocenters. The minimum absolute atomic E-state index is 0.177. The van der Waals surface area contributed by atoms with Crippen LogP contribution in [0.2, 0.25) is 0 Å². The van der Waals surface area contributed by atoms with Gasteiger partial charge in [-0.05, 0) is 36.2 Å². The Bertz CT molecular complexity index is 817. The third-order valence-corrected chi connectivity index (χ3v) is 3.93. The number of benzene rings is 2. The number of aromatic nitrogens is 1. The number of hydrogen-bond acceptors (Lipinski definition) is 1. The van der Waals surface area contributed by atoms with Crippen LogP contribution in [0.4, 0.5) is 13.2 Å². The smallest absolute Gasteiger partial charge is 0.332 e. The van der Waals surface area contributed by atoms with Crippen LogP contribution in [-0.4, -0.2) is 4.57 Å². The molecule has 2 nitrogen and oxygen atoms in total. The molecule has 0 spiro atoms. The standard InChI is InChI=1S/C18H17F3N2/c1-12(22)14-7-8-16-15(9-14)10-17(18(19,20)21)23(16)11-13-5-3-2-4-6-13/h2-10,12H,11,22H2,1H3. The molecule has 23 heavy (non-hydrogen) atoms. The summed E-state index contributed by atoms with van der Waals surface area (Å²) < 4.78 is 41.5. The summed E-state index contributed by atoms with van der Waals surface area (Å²) in [6.07, 6.45) is -4.40. The predicted octanol–water partition coefficient (Wildman–Crippen LogP) is 4.73. The van der Waals surface area contributed by atoms with Gasteiger partial charge in [0.05, 0.1) is 0 Å². The molecule has 0 saturated carbocycles. The van der Waals surface area contributed by atoms with Gasteiger partial charge in [0.2, 0.25) is 0 Å². The maximum atomic E-state index is 13.4. The van der Waals surface area contributed by atoms with Gasteiger partial charge in [0.1, 0.15) is 5.69 Å². The van der Waals surface area contributed by atoms with Crippen molar-refractivity contribution < 1.29 is 13.2 Å². The summed E-state index contributed by atoms with van der Waals surface area (Å²) in [5, 5.41) is 0.558. The van der Waals surface area contributed by atoms with Crippen molar-refractivity contribution in [3.05, 3.63) is 71.4 Å². The van der Waals surface area contributed by atoms with Crippen molar-refractivity contribution in [1.29, 1.82) is 0 Å². The van der Waals surface area contributed by atoms with Crippen molar-refractivity contribution in [3.63, 3.8) is 0 Å². The predicted molar refractivity (Wildman–Crippen MR) is 85.1 cm³/mol. The average Bonchev–Trinajstić information content (AvgIpc) is 2.86. The maximum Gasteiger partial charge on any atom is 0.431 e. The highest BCUT2D eigenvalue weighted by atomic mass is 19.4. The van der Waals surface area contributed by atoms with Crippen LogP contribution in [0.3, 0.4) is 0 Å². The van der Waals surface area contributed by atoms with Crippen molar-refractivity contribution in [2.75, 3.05) is 0 Å². The monoisotopic (exact) mass is 318 g/mol. The zero-order valence-electron chi connectivity index (χ0n) is 12.6. The van der Waals surface area contributed by atoms with Gasteiger partial charge in [-0.15, -0.1) is 0 Å². The highest BCUT2D eigenvalue weighted by Gasteiger charge is 2.35. The number of alkyl halides is 3. The van der Waals surface area contributed by atoms with Gasteiger partial charge in [-0.2, -0.15) is 13.2 Å². The van der Waals surface area contributed by atoms with Gasteiger partial charge in [0, 0.05) is 23.5 Å². The van der Waals surface area contributed by atoms with Gasteiger partial charge < -0.3 is 10.3 Å². The molecule has 120 valence electrons. The number of rotatable bonds is 3. The maximum absolute atomic E-state index is 13.4. The number of nitrogens with two attached hydrogens (primary N) is 1. The Morgan fingerprint density at radius 3 is 2.35 bits per heavy atom. The molecule has 0 radical (unpaired) electrons. The highest BCUT2D eigenvalue weighted by molar-refractivity contribution is 5.82. The average molecular weight is 318 g/mol. The van der Waals surface area contributed by atoms with Crippen molar-refractivity contribution >= 4 is 10.9 Å². The molecule has 0 aliphatic rings. The van der Waals surface area contributed by atoms with Gasteiger partial charge >= 0.3 is 6.18 Å². The molecule has 1 aromatic heterocycles. The summed E-state index contributed by atoms with van der Waals surface area (Å²) >= 11 is 0. The minimum Gasteiger partial charge on any atom is -0.332 e. The Morgan fingerprint density at radius 2 is 1.74 bits per heavy atom. The molecule has 2 N–H and O–H groups in total. The summed E-state index contributed by atoms with van der Waals surface area (Å²) in [6, 6.07) is 15.3. The summed E-state index contributed by atoms with van der Waals surface area (Å²) in [6.45, 7) is 1.99. The molecule has 0 saturated heterocycles. The van der Waals surface area contributed by atoms with E-state index < -0.39 is 11.9 Å². The first-order valence-corrected chi connectivity index (χ1v) is 7.36. The Morgan fingerprint density at radius 1 is 1.04 bits per heavy atom. The van der Waals surface area contributed by atoms with E-state index in [1.54, 1.807) is 18.2 Å². The Hall–Kier alpha value is -2.27. The third kappa shape index (κ3) is 3.10. The highest BCUT2D eigenvalue weighted by Crippen LogP contribution is 2.35. The largest absolute Gasteiger partial charge is 0.431 e. The van der Waals surface area contributed by atoms with Crippen LogP contribution in [-0.2, 0) is 12.7 Å². The number of halogens is 3. The second-order valence-corrected chi connectivity index (χ2v) is 5.71. The van der Waals surface area contributed by atoms with Crippen molar-refractivity contribution in [3.8, 4) is 0 Å². The molecule has 1 heterocycles. The van der Waals surface area contributed by atoms with Crippen LogP contribution >= 0.6 is 0 Å². The van der Waals surface area contributed by atoms with E-state index in [0.29, 0.717) is 10.9 Å². The molecule has 0 fully saturated rings. The molecule has 1 unspecified atom stereocenters. The van der Waals surface area contributed by atoms with Gasteiger partial charge in [-0.25, -0.2) is 0 Å². The molecule has 0 aliphatic heterocycles. The van der Waals surface area contributed by atoms with E-state index in [1.165, 1.54) is 10.6 Å². The molecule has 3 aromatic rings. The lowest BCUT2D eigenvalue weighted by atomic mass is 10.1. The van der Waals surface area contributed by atoms with E-state index in [-0.39, 0.29) is 12.6 Å². The number of fused-ring (bicyclic) bond motifs is 1. The van der Waals surface area contributed by atoms with E-state index >= 15 is 0 Å². The Labute approximate surface area is 132 Å². The van der Waals surface area contributed by atoms with Crippen LogP contribution in [0.5, 0.6) is 0 Å².